The predicted octanol–water partition coefficient (Wildman–Crippen LogP) is 4.76. The van der Waals surface area contributed by atoms with E-state index in [1.165, 1.54) is 22.0 Å². The highest BCUT2D eigenvalue weighted by Crippen LogP contribution is 2.29. The van der Waals surface area contributed by atoms with E-state index in [9.17, 15) is 18.5 Å². The van der Waals surface area contributed by atoms with Crippen molar-refractivity contribution in [2.45, 2.75) is 51.9 Å². The van der Waals surface area contributed by atoms with Crippen molar-refractivity contribution < 1.29 is 13.3 Å². The van der Waals surface area contributed by atoms with Crippen LogP contribution in [0.1, 0.15) is 52.7 Å². The van der Waals surface area contributed by atoms with Gasteiger partial charge in [0, 0.05) is 25.2 Å². The van der Waals surface area contributed by atoms with Crippen molar-refractivity contribution in [1.82, 2.24) is 4.31 Å². The number of hydrazone groups is 1. The van der Waals surface area contributed by atoms with Crippen LogP contribution in [0, 0.1) is 10.1 Å². The Bertz CT molecular complexity index is 1070. The molecule has 0 aromatic heterocycles. The topological polar surface area (TPSA) is 105 Å². The van der Waals surface area contributed by atoms with Crippen LogP contribution in [0.15, 0.2) is 52.5 Å². The largest absolute Gasteiger partial charge is 0.277 e. The maximum atomic E-state index is 13.1. The van der Waals surface area contributed by atoms with Crippen molar-refractivity contribution in [2.75, 3.05) is 18.5 Å². The van der Waals surface area contributed by atoms with Crippen molar-refractivity contribution in [1.29, 1.82) is 0 Å². The van der Waals surface area contributed by atoms with Gasteiger partial charge in [-0.1, -0.05) is 58.9 Å². The molecule has 168 valence electrons. The fourth-order valence-corrected chi connectivity index (χ4v) is 4.67. The van der Waals surface area contributed by atoms with E-state index in [1.807, 2.05) is 31.2 Å². The minimum atomic E-state index is -3.93. The highest BCUT2D eigenvalue weighted by Gasteiger charge is 2.27. The Hall–Kier alpha value is -2.78. The van der Waals surface area contributed by atoms with E-state index < -0.39 is 14.9 Å². The van der Waals surface area contributed by atoms with Gasteiger partial charge in [0.1, 0.15) is 4.90 Å². The van der Waals surface area contributed by atoms with Gasteiger partial charge in [-0.05, 0) is 29.5 Å². The van der Waals surface area contributed by atoms with Crippen molar-refractivity contribution in [3.8, 4) is 0 Å². The number of nitro groups is 1. The third-order valence-electron chi connectivity index (χ3n) is 5.01. The first kappa shape index (κ1) is 24.5. The molecule has 31 heavy (non-hydrogen) atoms. The Balaban J connectivity index is 2.43. The smallest absolute Gasteiger partial charge is 0.270 e. The Morgan fingerprint density at radius 3 is 2.16 bits per heavy atom. The van der Waals surface area contributed by atoms with Gasteiger partial charge in [-0.25, -0.2) is 8.42 Å². The summed E-state index contributed by atoms with van der Waals surface area (Å²) in [7, 11) is -3.93. The molecule has 0 heterocycles. The molecule has 0 unspecified atom stereocenters. The Morgan fingerprint density at radius 2 is 1.68 bits per heavy atom. The standard InChI is InChI=1S/C22H30N4O4S/c1-7-25(8-2)31(29,30)21-15-19(26(27)28)13-14-20(21)24-23-16(3)17-9-11-18(12-10-17)22(4,5)6/h9-15,24H,7-8H2,1-6H3. The van der Waals surface area contributed by atoms with Crippen molar-refractivity contribution >= 4 is 27.1 Å². The number of nitrogens with one attached hydrogen (secondary N) is 1. The van der Waals surface area contributed by atoms with E-state index >= 15 is 0 Å². The second-order valence-corrected chi connectivity index (χ2v) is 10.1. The quantitative estimate of drug-likeness (QED) is 0.358. The average molecular weight is 447 g/mol. The molecule has 0 aliphatic carbocycles. The molecule has 2 rings (SSSR count). The molecule has 8 nitrogen and oxygen atoms in total. The molecule has 0 atom stereocenters. The maximum absolute atomic E-state index is 13.1. The molecule has 2 aromatic rings. The predicted molar refractivity (Wildman–Crippen MR) is 124 cm³/mol. The molecule has 0 amide bonds. The Kier molecular flexibility index (Phi) is 7.56. The number of anilines is 1. The van der Waals surface area contributed by atoms with Crippen LogP contribution >= 0.6 is 0 Å². The van der Waals surface area contributed by atoms with E-state index in [0.29, 0.717) is 5.71 Å². The first-order valence-electron chi connectivity index (χ1n) is 10.1. The van der Waals surface area contributed by atoms with Gasteiger partial charge in [-0.3, -0.25) is 15.5 Å². The van der Waals surface area contributed by atoms with Crippen LogP contribution in [0.5, 0.6) is 0 Å². The highest BCUT2D eigenvalue weighted by molar-refractivity contribution is 7.89. The molecule has 0 fully saturated rings. The molecule has 0 radical (unpaired) electrons. The Labute approximate surface area is 184 Å². The van der Waals surface area contributed by atoms with Crippen molar-refractivity contribution in [3.63, 3.8) is 0 Å². The van der Waals surface area contributed by atoms with Gasteiger partial charge in [0.25, 0.3) is 5.69 Å². The number of hydrogen-bond acceptors (Lipinski definition) is 6. The summed E-state index contributed by atoms with van der Waals surface area (Å²) in [6.07, 6.45) is 0. The number of rotatable bonds is 8. The average Bonchev–Trinajstić information content (AvgIpc) is 2.71. The zero-order chi connectivity index (χ0) is 23.4. The van der Waals surface area contributed by atoms with Crippen molar-refractivity contribution in [2.24, 2.45) is 5.10 Å². The molecule has 2 aromatic carbocycles. The number of non-ortho nitro benzene ring substituents is 1. The van der Waals surface area contributed by atoms with Gasteiger partial charge >= 0.3 is 0 Å². The highest BCUT2D eigenvalue weighted by atomic mass is 32.2. The van der Waals surface area contributed by atoms with E-state index in [2.05, 4.69) is 31.3 Å². The molecular weight excluding hydrogens is 416 g/mol. The van der Waals surface area contributed by atoms with Gasteiger partial charge in [0.15, 0.2) is 0 Å². The van der Waals surface area contributed by atoms with Gasteiger partial charge in [0.05, 0.1) is 16.3 Å². The number of sulfonamides is 1. The molecular formula is C22H30N4O4S. The summed E-state index contributed by atoms with van der Waals surface area (Å²) < 4.78 is 27.4. The minimum absolute atomic E-state index is 0.0360. The molecule has 9 heteroatoms. The summed E-state index contributed by atoms with van der Waals surface area (Å²) >= 11 is 0. The SMILES string of the molecule is CCN(CC)S(=O)(=O)c1cc([N+](=O)[O-])ccc1NN=C(C)c1ccc(C(C)(C)C)cc1. The van der Waals surface area contributed by atoms with E-state index in [1.54, 1.807) is 13.8 Å². The van der Waals surface area contributed by atoms with Crippen LogP contribution in [0.2, 0.25) is 0 Å². The second-order valence-electron chi connectivity index (χ2n) is 8.16. The lowest BCUT2D eigenvalue weighted by molar-refractivity contribution is -0.385. The van der Waals surface area contributed by atoms with Gasteiger partial charge in [-0.15, -0.1) is 0 Å². The summed E-state index contributed by atoms with van der Waals surface area (Å²) in [5.41, 5.74) is 5.45. The maximum Gasteiger partial charge on any atom is 0.270 e. The zero-order valence-corrected chi connectivity index (χ0v) is 19.7. The van der Waals surface area contributed by atoms with Crippen LogP contribution in [0.3, 0.4) is 0 Å². The summed E-state index contributed by atoms with van der Waals surface area (Å²) in [5.74, 6) is 0. The van der Waals surface area contributed by atoms with Crippen molar-refractivity contribution in [3.05, 3.63) is 63.7 Å². The number of nitro benzene ring substituents is 1. The zero-order valence-electron chi connectivity index (χ0n) is 18.8. The fraction of sp³-hybridized carbons (Fsp3) is 0.409. The molecule has 0 saturated heterocycles. The molecule has 0 saturated carbocycles. The lowest BCUT2D eigenvalue weighted by Gasteiger charge is -2.20. The van der Waals surface area contributed by atoms with E-state index in [0.717, 1.165) is 11.6 Å². The van der Waals surface area contributed by atoms with Gasteiger partial charge < -0.3 is 0 Å². The molecule has 0 aliphatic rings. The van der Waals surface area contributed by atoms with E-state index in [4.69, 9.17) is 0 Å². The number of benzene rings is 2. The number of hydrogen-bond donors (Lipinski definition) is 1. The van der Waals surface area contributed by atoms with Crippen LogP contribution in [0.25, 0.3) is 0 Å². The lowest BCUT2D eigenvalue weighted by Crippen LogP contribution is -2.31. The normalized spacial score (nSPS) is 12.8. The van der Waals surface area contributed by atoms with Crippen LogP contribution in [-0.2, 0) is 15.4 Å². The third kappa shape index (κ3) is 5.68. The third-order valence-corrected chi connectivity index (χ3v) is 7.10. The summed E-state index contributed by atoms with van der Waals surface area (Å²) in [4.78, 5) is 10.4. The molecule has 0 aliphatic heterocycles. The lowest BCUT2D eigenvalue weighted by atomic mass is 9.86. The minimum Gasteiger partial charge on any atom is -0.277 e. The first-order valence-corrected chi connectivity index (χ1v) is 11.6. The van der Waals surface area contributed by atoms with Crippen LogP contribution in [-0.4, -0.2) is 36.4 Å². The summed E-state index contributed by atoms with van der Waals surface area (Å²) in [5, 5.41) is 15.5. The second kappa shape index (κ2) is 9.57. The fourth-order valence-electron chi connectivity index (χ4n) is 3.05. The first-order chi connectivity index (χ1) is 14.4. The Morgan fingerprint density at radius 1 is 1.10 bits per heavy atom. The van der Waals surface area contributed by atoms with E-state index in [-0.39, 0.29) is 34.8 Å². The van der Waals surface area contributed by atoms with Crippen LogP contribution < -0.4 is 5.43 Å². The summed E-state index contributed by atoms with van der Waals surface area (Å²) in [6, 6.07) is 11.7. The molecule has 0 spiro atoms. The van der Waals surface area contributed by atoms with Crippen LogP contribution in [0.4, 0.5) is 11.4 Å². The summed E-state index contributed by atoms with van der Waals surface area (Å²) in [6.45, 7) is 12.2. The van der Waals surface area contributed by atoms with Gasteiger partial charge in [0.2, 0.25) is 10.0 Å². The molecule has 0 bridgehead atoms. The number of nitrogens with zero attached hydrogens (tertiary/aromatic N) is 3. The van der Waals surface area contributed by atoms with Gasteiger partial charge in [-0.2, -0.15) is 9.41 Å². The molecule has 1 N–H and O–H groups in total. The monoisotopic (exact) mass is 446 g/mol.